The summed E-state index contributed by atoms with van der Waals surface area (Å²) < 4.78 is 1.93. The molecule has 3 heterocycles. The Kier molecular flexibility index (Phi) is 4.38. The van der Waals surface area contributed by atoms with Gasteiger partial charge in [-0.3, -0.25) is 14.0 Å². The zero-order valence-corrected chi connectivity index (χ0v) is 14.2. The maximum atomic E-state index is 12.5. The van der Waals surface area contributed by atoms with E-state index in [0.717, 1.165) is 43.7 Å². The molecule has 0 spiro atoms. The third-order valence-corrected chi connectivity index (χ3v) is 5.06. The Morgan fingerprint density at radius 3 is 2.88 bits per heavy atom. The van der Waals surface area contributed by atoms with Crippen molar-refractivity contribution in [3.8, 4) is 0 Å². The lowest BCUT2D eigenvalue weighted by molar-refractivity contribution is -0.136. The Morgan fingerprint density at radius 1 is 1.16 bits per heavy atom. The number of nitrogens with one attached hydrogen (secondary N) is 1. The minimum Gasteiger partial charge on any atom is -0.355 e. The molecule has 2 aromatic rings. The fraction of sp³-hybridized carbons (Fsp3) is 0.556. The van der Waals surface area contributed by atoms with Crippen molar-refractivity contribution in [3.05, 3.63) is 30.2 Å². The topological polar surface area (TPSA) is 79.6 Å². The molecule has 25 heavy (non-hydrogen) atoms. The van der Waals surface area contributed by atoms with Crippen LogP contribution in [-0.2, 0) is 16.0 Å². The summed E-state index contributed by atoms with van der Waals surface area (Å²) in [5.74, 6) is 1.26. The molecular formula is C18H23N5O2. The molecule has 0 radical (unpaired) electrons. The van der Waals surface area contributed by atoms with Crippen LogP contribution in [-0.4, -0.2) is 50.9 Å². The van der Waals surface area contributed by atoms with Crippen LogP contribution in [0.3, 0.4) is 0 Å². The van der Waals surface area contributed by atoms with Gasteiger partial charge in [0.2, 0.25) is 11.8 Å². The fourth-order valence-corrected chi connectivity index (χ4v) is 3.48. The van der Waals surface area contributed by atoms with Crippen molar-refractivity contribution in [2.75, 3.05) is 19.6 Å². The van der Waals surface area contributed by atoms with Crippen LogP contribution in [0.25, 0.3) is 5.65 Å². The number of rotatable bonds is 5. The molecule has 1 aliphatic carbocycles. The van der Waals surface area contributed by atoms with E-state index in [2.05, 4.69) is 15.5 Å². The molecule has 1 saturated heterocycles. The number of hydrogen-bond donors (Lipinski definition) is 1. The van der Waals surface area contributed by atoms with E-state index in [-0.39, 0.29) is 23.7 Å². The minimum atomic E-state index is -0.0911. The lowest BCUT2D eigenvalue weighted by atomic mass is 9.96. The van der Waals surface area contributed by atoms with E-state index in [9.17, 15) is 9.59 Å². The van der Waals surface area contributed by atoms with Crippen LogP contribution in [0.2, 0.25) is 0 Å². The van der Waals surface area contributed by atoms with Gasteiger partial charge in [0.15, 0.2) is 5.65 Å². The highest BCUT2D eigenvalue weighted by molar-refractivity contribution is 5.83. The molecule has 1 aliphatic heterocycles. The van der Waals surface area contributed by atoms with E-state index < -0.39 is 0 Å². The summed E-state index contributed by atoms with van der Waals surface area (Å²) in [7, 11) is 0. The summed E-state index contributed by atoms with van der Waals surface area (Å²) in [5, 5.41) is 11.3. The number of piperidine rings is 1. The molecule has 2 aliphatic rings. The highest BCUT2D eigenvalue weighted by Crippen LogP contribution is 2.32. The third-order valence-electron chi connectivity index (χ3n) is 5.06. The monoisotopic (exact) mass is 341 g/mol. The summed E-state index contributed by atoms with van der Waals surface area (Å²) in [4.78, 5) is 26.5. The Bertz CT molecular complexity index is 783. The van der Waals surface area contributed by atoms with Crippen molar-refractivity contribution in [2.24, 2.45) is 11.8 Å². The van der Waals surface area contributed by atoms with Crippen molar-refractivity contribution in [2.45, 2.75) is 32.1 Å². The number of fused-ring (bicyclic) bond motifs is 1. The molecule has 1 saturated carbocycles. The van der Waals surface area contributed by atoms with E-state index >= 15 is 0 Å². The Balaban J connectivity index is 1.29. The highest BCUT2D eigenvalue weighted by Gasteiger charge is 2.36. The predicted molar refractivity (Wildman–Crippen MR) is 91.7 cm³/mol. The van der Waals surface area contributed by atoms with Crippen LogP contribution in [0.5, 0.6) is 0 Å². The van der Waals surface area contributed by atoms with E-state index in [1.165, 1.54) is 0 Å². The van der Waals surface area contributed by atoms with Crippen molar-refractivity contribution < 1.29 is 9.59 Å². The second-order valence-corrected chi connectivity index (χ2v) is 6.98. The zero-order chi connectivity index (χ0) is 17.2. The number of likely N-dealkylation sites (tertiary alicyclic amines) is 1. The van der Waals surface area contributed by atoms with Crippen molar-refractivity contribution >= 4 is 17.5 Å². The summed E-state index contributed by atoms with van der Waals surface area (Å²) in [6.45, 7) is 1.89. The second kappa shape index (κ2) is 6.82. The molecule has 7 heteroatoms. The number of carbonyl (C=O) groups excluding carboxylic acids is 2. The van der Waals surface area contributed by atoms with Gasteiger partial charge < -0.3 is 10.2 Å². The first kappa shape index (κ1) is 16.1. The summed E-state index contributed by atoms with van der Waals surface area (Å²) in [6, 6.07) is 5.77. The molecule has 1 N–H and O–H groups in total. The Hall–Kier alpha value is -2.44. The van der Waals surface area contributed by atoms with Gasteiger partial charge in [0, 0.05) is 38.2 Å². The number of carbonyl (C=O) groups is 2. The van der Waals surface area contributed by atoms with Crippen LogP contribution in [0.4, 0.5) is 0 Å². The first-order chi connectivity index (χ1) is 12.2. The van der Waals surface area contributed by atoms with E-state index in [1.807, 2.05) is 33.7 Å². The molecule has 2 fully saturated rings. The van der Waals surface area contributed by atoms with Gasteiger partial charge in [-0.2, -0.15) is 0 Å². The van der Waals surface area contributed by atoms with Crippen LogP contribution in [0.1, 0.15) is 31.5 Å². The van der Waals surface area contributed by atoms with Gasteiger partial charge >= 0.3 is 0 Å². The largest absolute Gasteiger partial charge is 0.355 e. The molecule has 4 rings (SSSR count). The minimum absolute atomic E-state index is 0.0436. The smallest absolute Gasteiger partial charge is 0.225 e. The quantitative estimate of drug-likeness (QED) is 0.881. The third kappa shape index (κ3) is 3.50. The van der Waals surface area contributed by atoms with Crippen LogP contribution < -0.4 is 5.32 Å². The molecule has 0 aromatic carbocycles. The van der Waals surface area contributed by atoms with Crippen molar-refractivity contribution in [3.63, 3.8) is 0 Å². The van der Waals surface area contributed by atoms with Crippen LogP contribution >= 0.6 is 0 Å². The lowest BCUT2D eigenvalue weighted by Crippen LogP contribution is -2.46. The number of aromatic nitrogens is 3. The molecule has 132 valence electrons. The fourth-order valence-electron chi connectivity index (χ4n) is 3.48. The summed E-state index contributed by atoms with van der Waals surface area (Å²) >= 11 is 0. The lowest BCUT2D eigenvalue weighted by Gasteiger charge is -2.32. The number of nitrogens with zero attached hydrogens (tertiary/aromatic N) is 4. The molecule has 1 unspecified atom stereocenters. The van der Waals surface area contributed by atoms with Gasteiger partial charge in [-0.25, -0.2) is 0 Å². The molecule has 1 atom stereocenters. The van der Waals surface area contributed by atoms with Gasteiger partial charge in [-0.1, -0.05) is 6.07 Å². The number of pyridine rings is 1. The highest BCUT2D eigenvalue weighted by atomic mass is 16.2. The normalized spacial score (nSPS) is 20.6. The maximum Gasteiger partial charge on any atom is 0.225 e. The van der Waals surface area contributed by atoms with Crippen molar-refractivity contribution in [1.29, 1.82) is 0 Å². The van der Waals surface area contributed by atoms with Crippen molar-refractivity contribution in [1.82, 2.24) is 24.8 Å². The molecule has 7 nitrogen and oxygen atoms in total. The average Bonchev–Trinajstić information content (AvgIpc) is 3.42. The molecule has 0 bridgehead atoms. The number of amides is 2. The molecular weight excluding hydrogens is 318 g/mol. The predicted octanol–water partition coefficient (Wildman–Crippen LogP) is 1.04. The van der Waals surface area contributed by atoms with Gasteiger partial charge in [0.1, 0.15) is 5.82 Å². The second-order valence-electron chi connectivity index (χ2n) is 6.98. The molecule has 2 aromatic heterocycles. The zero-order valence-electron chi connectivity index (χ0n) is 14.2. The van der Waals surface area contributed by atoms with Gasteiger partial charge in [-0.05, 0) is 37.8 Å². The van der Waals surface area contributed by atoms with E-state index in [4.69, 9.17) is 0 Å². The first-order valence-electron chi connectivity index (χ1n) is 9.07. The SMILES string of the molecule is O=C(NCCc1nnc2ccccn12)C1CCCN(C(=O)C2CC2)C1. The van der Waals surface area contributed by atoms with E-state index in [1.54, 1.807) is 0 Å². The molecule has 2 amide bonds. The standard InChI is InChI=1S/C18H23N5O2/c24-17(14-4-3-10-22(12-14)18(25)13-6-7-13)19-9-8-16-21-20-15-5-1-2-11-23(15)16/h1-2,5,11,13-14H,3-4,6-10,12H2,(H,19,24). The first-order valence-corrected chi connectivity index (χ1v) is 9.07. The summed E-state index contributed by atoms with van der Waals surface area (Å²) in [5.41, 5.74) is 0.810. The average molecular weight is 341 g/mol. The Morgan fingerprint density at radius 2 is 2.04 bits per heavy atom. The summed E-state index contributed by atoms with van der Waals surface area (Å²) in [6.07, 6.45) is 6.35. The number of hydrogen-bond acceptors (Lipinski definition) is 4. The van der Waals surface area contributed by atoms with Gasteiger partial charge in [0.05, 0.1) is 5.92 Å². The van der Waals surface area contributed by atoms with E-state index in [0.29, 0.717) is 19.5 Å². The van der Waals surface area contributed by atoms with Crippen LogP contribution in [0.15, 0.2) is 24.4 Å². The van der Waals surface area contributed by atoms with Gasteiger partial charge in [0.25, 0.3) is 0 Å². The van der Waals surface area contributed by atoms with Crippen LogP contribution in [0, 0.1) is 11.8 Å². The van der Waals surface area contributed by atoms with Gasteiger partial charge in [-0.15, -0.1) is 10.2 Å². The maximum absolute atomic E-state index is 12.5. The Labute approximate surface area is 146 Å².